The average molecular weight is 1110 g/mol. The van der Waals surface area contributed by atoms with Crippen LogP contribution in [0.5, 0.6) is 0 Å². The molecule has 6 N–H and O–H groups in total. The number of nitrogens with one attached hydrogen (secondary N) is 4. The molecule has 6 atom stereocenters. The number of piperazine rings is 1. The van der Waals surface area contributed by atoms with Crippen molar-refractivity contribution in [3.63, 3.8) is 0 Å². The Hall–Kier alpha value is -7.15. The van der Waals surface area contributed by atoms with E-state index in [0.29, 0.717) is 67.5 Å². The van der Waals surface area contributed by atoms with Crippen molar-refractivity contribution < 1.29 is 78.4 Å². The Bertz CT molecular complexity index is 2840. The van der Waals surface area contributed by atoms with Gasteiger partial charge in [-0.05, 0) is 88.9 Å². The van der Waals surface area contributed by atoms with E-state index in [1.807, 2.05) is 22.9 Å². The van der Waals surface area contributed by atoms with E-state index in [9.17, 15) is 55.7 Å². The number of fused-ring (bicyclic) bond motifs is 2. The van der Waals surface area contributed by atoms with Gasteiger partial charge >= 0.3 is 24.5 Å². The summed E-state index contributed by atoms with van der Waals surface area (Å²) in [4.78, 5) is 61.6. The first-order valence-electron chi connectivity index (χ1n) is 24.5. The quantitative estimate of drug-likeness (QED) is 0.0403. The van der Waals surface area contributed by atoms with Crippen LogP contribution < -0.4 is 26.3 Å². The highest BCUT2D eigenvalue weighted by molar-refractivity contribution is 5.87. The molecule has 0 aliphatic carbocycles. The number of hydrogen-bond donors (Lipinski definition) is 6. The van der Waals surface area contributed by atoms with Gasteiger partial charge in [0.15, 0.2) is 0 Å². The molecule has 2 aromatic carbocycles. The molecule has 3 aliphatic rings. The zero-order valence-electron chi connectivity index (χ0n) is 43.1. The lowest BCUT2D eigenvalue weighted by atomic mass is 9.82. The summed E-state index contributed by atoms with van der Waals surface area (Å²) >= 11 is 0. The van der Waals surface area contributed by atoms with Gasteiger partial charge in [0.25, 0.3) is 5.91 Å². The Morgan fingerprint density at radius 3 is 1.90 bits per heavy atom. The number of aryl methyl sites for hydroxylation is 1. The molecule has 4 aromatic rings. The summed E-state index contributed by atoms with van der Waals surface area (Å²) in [6.45, 7) is 4.62. The summed E-state index contributed by atoms with van der Waals surface area (Å²) in [7, 11) is 0.831. The first kappa shape index (κ1) is 58.5. The summed E-state index contributed by atoms with van der Waals surface area (Å²) < 4.78 is 134. The number of aliphatic hydroxyl groups is 1. The number of amides is 4. The van der Waals surface area contributed by atoms with E-state index in [-0.39, 0.29) is 17.3 Å². The number of hydrogen-bond acceptors (Lipinski definition) is 14. The van der Waals surface area contributed by atoms with Crippen LogP contribution >= 0.6 is 0 Å². The van der Waals surface area contributed by atoms with Crippen LogP contribution in [0, 0.1) is 41.2 Å². The van der Waals surface area contributed by atoms with E-state index in [1.54, 1.807) is 18.3 Å². The number of alkyl halides is 6. The average Bonchev–Trinajstić information content (AvgIpc) is 3.94. The highest BCUT2D eigenvalue weighted by Gasteiger charge is 2.57. The fraction of sp³-hybridized carbons (Fsp3) is 0.510. The van der Waals surface area contributed by atoms with Crippen molar-refractivity contribution in [1.82, 2.24) is 46.5 Å². The Morgan fingerprint density at radius 2 is 1.40 bits per heavy atom. The molecule has 0 radical (unpaired) electrons. The number of alkyl carbamates (subject to hydrolysis) is 1. The molecule has 4 amide bonds. The molecule has 3 aliphatic heterocycles. The summed E-state index contributed by atoms with van der Waals surface area (Å²) in [6, 6.07) is 5.84. The number of rotatable bonds is 18. The number of anilines is 1. The maximum atomic E-state index is 15.9. The van der Waals surface area contributed by atoms with Crippen molar-refractivity contribution >= 4 is 29.8 Å². The third-order valence-electron chi connectivity index (χ3n) is 14.3. The second kappa shape index (κ2) is 23.4. The number of carbonyl (C=O) groups is 4. The van der Waals surface area contributed by atoms with E-state index in [1.165, 1.54) is 24.4 Å². The Morgan fingerprint density at radius 1 is 0.821 bits per heavy atom. The minimum absolute atomic E-state index is 0.0333. The molecule has 19 nitrogen and oxygen atoms in total. The lowest BCUT2D eigenvalue weighted by Gasteiger charge is -2.47. The smallest absolute Gasteiger partial charge is 0.407 e. The molecular formula is C51H58F8N10O9. The molecule has 422 valence electrons. The molecular weight excluding hydrogens is 1050 g/mol. The normalized spacial score (nSPS) is 18.7. The molecule has 27 heteroatoms. The molecule has 3 saturated heterocycles. The maximum absolute atomic E-state index is 15.9. The third kappa shape index (κ3) is 13.4. The van der Waals surface area contributed by atoms with E-state index in [2.05, 4.69) is 46.9 Å². The molecule has 5 heterocycles. The minimum atomic E-state index is -5.25. The lowest BCUT2D eigenvalue weighted by Crippen LogP contribution is -2.63. The largest absolute Gasteiger partial charge is 0.465 e. The molecule has 2 aromatic heterocycles. The Balaban J connectivity index is 1.17. The first-order chi connectivity index (χ1) is 36.6. The number of benzene rings is 2. The van der Waals surface area contributed by atoms with Gasteiger partial charge in [0.05, 0.1) is 49.3 Å². The Kier molecular flexibility index (Phi) is 17.6. The van der Waals surface area contributed by atoms with Gasteiger partial charge in [-0.25, -0.2) is 28.4 Å². The molecule has 7 rings (SSSR count). The number of aliphatic hydroxyl groups excluding tert-OH is 1. The number of halogens is 8. The van der Waals surface area contributed by atoms with Crippen LogP contribution in [-0.4, -0.2) is 154 Å². The van der Waals surface area contributed by atoms with Crippen LogP contribution in [0.1, 0.15) is 68.7 Å². The monoisotopic (exact) mass is 1110 g/mol. The van der Waals surface area contributed by atoms with Gasteiger partial charge in [0.1, 0.15) is 29.5 Å². The number of nitrogens with zero attached hydrogens (tertiary/aromatic N) is 6. The molecule has 78 heavy (non-hydrogen) atoms. The van der Waals surface area contributed by atoms with Crippen LogP contribution in [0.25, 0.3) is 11.5 Å². The standard InChI is InChI=1S/C51H58F8N10O9/c1-27-64-65-45(78-27)31-18-36(52)35(37(53)19-31)23-68(66-44(72)42(62-46(73)74)49(4,5)51(57,58)59)24-39(70)38(61-43(71)41(63-47(75)76-6)48(2,3)50(54,55)56)17-29-10-7-28(8-11-29)9-12-30-13-16-40(60-20-30)67-21-32-14-15-33(22-67)69(32)34-25-77-26-34/h7-8,10-11,13,16,18-20,32-34,38-39,41-42,62,70H,14-15,17,21-26H2,1-6H3,(H,61,71)(H,63,75)(H,66,72)(H,73,74). The molecule has 0 spiro atoms. The van der Waals surface area contributed by atoms with Crippen LogP contribution in [0.15, 0.2) is 59.1 Å². The van der Waals surface area contributed by atoms with Crippen molar-refractivity contribution in [2.45, 2.75) is 115 Å². The van der Waals surface area contributed by atoms with Gasteiger partial charge in [-0.15, -0.1) is 10.2 Å². The van der Waals surface area contributed by atoms with Crippen molar-refractivity contribution in [2.75, 3.05) is 44.9 Å². The zero-order chi connectivity index (χ0) is 57.1. The zero-order valence-corrected chi connectivity index (χ0v) is 43.1. The van der Waals surface area contributed by atoms with Crippen molar-refractivity contribution in [2.24, 2.45) is 10.8 Å². The number of carboxylic acid groups (broad SMARTS) is 1. The molecule has 3 fully saturated rings. The molecule has 2 bridgehead atoms. The van der Waals surface area contributed by atoms with Crippen LogP contribution in [0.2, 0.25) is 0 Å². The summed E-state index contributed by atoms with van der Waals surface area (Å²) in [5.41, 5.74) is -3.94. The number of ether oxygens (including phenoxy) is 2. The lowest BCUT2D eigenvalue weighted by molar-refractivity contribution is -0.221. The van der Waals surface area contributed by atoms with E-state index in [4.69, 9.17) is 9.15 Å². The highest BCUT2D eigenvalue weighted by Crippen LogP contribution is 2.42. The van der Waals surface area contributed by atoms with Gasteiger partial charge < -0.3 is 45.0 Å². The summed E-state index contributed by atoms with van der Waals surface area (Å²) in [5, 5.41) is 35.0. The second-order valence-electron chi connectivity index (χ2n) is 20.5. The fourth-order valence-corrected chi connectivity index (χ4v) is 9.41. The SMILES string of the molecule is COC(=O)NC(C(=O)NC(Cc1ccc(C#Cc2ccc(N3CC4CCC(C3)N4C3COC3)nc2)cc1)C(O)CN(Cc1c(F)cc(-c2nnc(C)o2)cc1F)NC(=O)C(NC(=O)O)C(C)(C)C(F)(F)F)C(C)(C)C(F)(F)F. The highest BCUT2D eigenvalue weighted by atomic mass is 19.4. The van der Waals surface area contributed by atoms with E-state index >= 15 is 8.78 Å². The third-order valence-corrected chi connectivity index (χ3v) is 14.3. The number of pyridine rings is 1. The topological polar surface area (TPSA) is 237 Å². The second-order valence-corrected chi connectivity index (χ2v) is 20.5. The fourth-order valence-electron chi connectivity index (χ4n) is 9.41. The summed E-state index contributed by atoms with van der Waals surface area (Å²) in [5.74, 6) is 0.677. The number of aromatic nitrogens is 3. The summed E-state index contributed by atoms with van der Waals surface area (Å²) in [6.07, 6.45) is -12.6. The van der Waals surface area contributed by atoms with Crippen molar-refractivity contribution in [3.05, 3.63) is 94.5 Å². The minimum Gasteiger partial charge on any atom is -0.465 e. The predicted molar refractivity (Wildman–Crippen MR) is 261 cm³/mol. The van der Waals surface area contributed by atoms with E-state index in [0.717, 1.165) is 64.2 Å². The van der Waals surface area contributed by atoms with Crippen LogP contribution in [0.4, 0.5) is 50.5 Å². The van der Waals surface area contributed by atoms with Gasteiger partial charge in [-0.1, -0.05) is 24.0 Å². The Labute approximate surface area is 442 Å². The van der Waals surface area contributed by atoms with Gasteiger partial charge in [-0.3, -0.25) is 19.9 Å². The van der Waals surface area contributed by atoms with Gasteiger partial charge in [0, 0.05) is 73.6 Å². The molecule has 6 unspecified atom stereocenters. The van der Waals surface area contributed by atoms with Gasteiger partial charge in [-0.2, -0.15) is 26.3 Å². The van der Waals surface area contributed by atoms with Crippen LogP contribution in [-0.2, 0) is 32.0 Å². The first-order valence-corrected chi connectivity index (χ1v) is 24.5. The van der Waals surface area contributed by atoms with Crippen molar-refractivity contribution in [1.29, 1.82) is 0 Å². The predicted octanol–water partition coefficient (Wildman–Crippen LogP) is 5.63. The van der Waals surface area contributed by atoms with Crippen molar-refractivity contribution in [3.8, 4) is 23.3 Å². The number of carbonyl (C=O) groups excluding carboxylic acids is 3. The van der Waals surface area contributed by atoms with E-state index < -0.39 is 108 Å². The van der Waals surface area contributed by atoms with Gasteiger partial charge in [0.2, 0.25) is 17.7 Å². The number of hydrazine groups is 1. The van der Waals surface area contributed by atoms with Crippen LogP contribution in [0.3, 0.4) is 0 Å². The maximum Gasteiger partial charge on any atom is 0.407 e. The molecule has 0 saturated carbocycles. The number of methoxy groups -OCH3 is 1.